The minimum absolute atomic E-state index is 0.220. The molecule has 0 aliphatic carbocycles. The lowest BCUT2D eigenvalue weighted by Gasteiger charge is -2.27. The summed E-state index contributed by atoms with van der Waals surface area (Å²) in [6, 6.07) is 8.35. The van der Waals surface area contributed by atoms with Crippen LogP contribution in [0.2, 0.25) is 0 Å². The minimum atomic E-state index is 0.220. The fourth-order valence-electron chi connectivity index (χ4n) is 2.45. The number of nitrogens with one attached hydrogen (secondary N) is 1. The molecule has 0 saturated heterocycles. The first-order valence-electron chi connectivity index (χ1n) is 5.99. The number of imidazole rings is 1. The molecule has 3 rings (SSSR count). The quantitative estimate of drug-likeness (QED) is 0.815. The van der Waals surface area contributed by atoms with E-state index in [9.17, 15) is 0 Å². The van der Waals surface area contributed by atoms with Gasteiger partial charge >= 0.3 is 0 Å². The van der Waals surface area contributed by atoms with Crippen LogP contribution in [0.4, 0.5) is 0 Å². The molecule has 1 aromatic carbocycles. The number of hydrogen-bond donors (Lipinski definition) is 2. The smallest absolute Gasteiger partial charge is 0.177 e. The normalized spacial score (nSPS) is 18.2. The van der Waals surface area contributed by atoms with Crippen molar-refractivity contribution in [3.05, 3.63) is 46.5 Å². The zero-order chi connectivity index (χ0) is 12.5. The standard InChI is InChI=1S/C13H15N3OS/c14-6-11-7-15-13(18)16(11)10-5-9-3-1-2-4-12(9)17-8-10/h1-4,7,10H,5-6,8,14H2,(H,15,18)/t10-/m1/s1. The van der Waals surface area contributed by atoms with Crippen LogP contribution < -0.4 is 10.5 Å². The zero-order valence-corrected chi connectivity index (χ0v) is 10.7. The van der Waals surface area contributed by atoms with Crippen molar-refractivity contribution in [3.8, 4) is 5.75 Å². The van der Waals surface area contributed by atoms with Gasteiger partial charge in [-0.2, -0.15) is 0 Å². The molecule has 4 nitrogen and oxygen atoms in total. The van der Waals surface area contributed by atoms with Gasteiger partial charge < -0.3 is 20.0 Å². The van der Waals surface area contributed by atoms with E-state index in [2.05, 4.69) is 15.6 Å². The Labute approximate surface area is 110 Å². The number of nitrogens with zero attached hydrogens (tertiary/aromatic N) is 1. The molecule has 1 aliphatic heterocycles. The maximum atomic E-state index is 5.79. The molecule has 1 atom stereocenters. The van der Waals surface area contributed by atoms with E-state index in [1.54, 1.807) is 0 Å². The van der Waals surface area contributed by atoms with E-state index in [1.807, 2.05) is 24.4 Å². The zero-order valence-electron chi connectivity index (χ0n) is 9.93. The number of hydrogen-bond acceptors (Lipinski definition) is 3. The first-order valence-corrected chi connectivity index (χ1v) is 6.40. The van der Waals surface area contributed by atoms with Crippen LogP contribution in [0.15, 0.2) is 30.5 Å². The van der Waals surface area contributed by atoms with Crippen molar-refractivity contribution in [2.24, 2.45) is 5.73 Å². The predicted molar refractivity (Wildman–Crippen MR) is 72.2 cm³/mol. The van der Waals surface area contributed by atoms with Gasteiger partial charge in [-0.1, -0.05) is 18.2 Å². The van der Waals surface area contributed by atoms with Crippen LogP contribution in [0.3, 0.4) is 0 Å². The number of ether oxygens (including phenoxy) is 1. The van der Waals surface area contributed by atoms with Gasteiger partial charge in [0.2, 0.25) is 0 Å². The molecule has 2 heterocycles. The summed E-state index contributed by atoms with van der Waals surface area (Å²) in [4.78, 5) is 3.05. The molecule has 18 heavy (non-hydrogen) atoms. The Morgan fingerprint density at radius 1 is 1.44 bits per heavy atom. The number of H-pyrrole nitrogens is 1. The summed E-state index contributed by atoms with van der Waals surface area (Å²) in [7, 11) is 0. The molecular formula is C13H15N3OS. The lowest BCUT2D eigenvalue weighted by Crippen LogP contribution is -2.26. The molecule has 5 heteroatoms. The highest BCUT2D eigenvalue weighted by Crippen LogP contribution is 2.30. The molecule has 0 saturated carbocycles. The Bertz CT molecular complexity index is 617. The van der Waals surface area contributed by atoms with Gasteiger partial charge in [0.25, 0.3) is 0 Å². The largest absolute Gasteiger partial charge is 0.491 e. The molecular weight excluding hydrogens is 246 g/mol. The van der Waals surface area contributed by atoms with Gasteiger partial charge in [-0.3, -0.25) is 0 Å². The Morgan fingerprint density at radius 2 is 2.28 bits per heavy atom. The van der Waals surface area contributed by atoms with Gasteiger partial charge in [-0.05, 0) is 23.8 Å². The van der Waals surface area contributed by atoms with Crippen molar-refractivity contribution >= 4 is 12.2 Å². The summed E-state index contributed by atoms with van der Waals surface area (Å²) in [5.41, 5.74) is 7.98. The summed E-state index contributed by atoms with van der Waals surface area (Å²) < 4.78 is 8.58. The third-order valence-corrected chi connectivity index (χ3v) is 3.64. The molecule has 0 amide bonds. The first kappa shape index (κ1) is 11.5. The van der Waals surface area contributed by atoms with Crippen LogP contribution in [-0.2, 0) is 13.0 Å². The van der Waals surface area contributed by atoms with Gasteiger partial charge in [0, 0.05) is 19.2 Å². The van der Waals surface area contributed by atoms with E-state index < -0.39 is 0 Å². The number of rotatable bonds is 2. The van der Waals surface area contributed by atoms with E-state index in [1.165, 1.54) is 5.56 Å². The van der Waals surface area contributed by atoms with E-state index >= 15 is 0 Å². The van der Waals surface area contributed by atoms with Crippen LogP contribution in [-0.4, -0.2) is 16.2 Å². The van der Waals surface area contributed by atoms with Crippen molar-refractivity contribution in [2.45, 2.75) is 19.0 Å². The second-order valence-corrected chi connectivity index (χ2v) is 4.82. The number of aromatic amines is 1. The highest BCUT2D eigenvalue weighted by atomic mass is 32.1. The van der Waals surface area contributed by atoms with Crippen LogP contribution in [0.1, 0.15) is 17.3 Å². The lowest BCUT2D eigenvalue weighted by molar-refractivity contribution is 0.220. The highest BCUT2D eigenvalue weighted by molar-refractivity contribution is 7.71. The molecule has 1 aromatic heterocycles. The summed E-state index contributed by atoms with van der Waals surface area (Å²) >= 11 is 5.31. The molecule has 0 fully saturated rings. The van der Waals surface area contributed by atoms with E-state index in [0.29, 0.717) is 17.9 Å². The molecule has 94 valence electrons. The first-order chi connectivity index (χ1) is 8.79. The van der Waals surface area contributed by atoms with Gasteiger partial charge in [-0.15, -0.1) is 0 Å². The van der Waals surface area contributed by atoms with E-state index in [-0.39, 0.29) is 6.04 Å². The molecule has 3 N–H and O–H groups in total. The summed E-state index contributed by atoms with van der Waals surface area (Å²) in [5.74, 6) is 0.977. The number of aromatic nitrogens is 2. The molecule has 0 unspecified atom stereocenters. The van der Waals surface area contributed by atoms with E-state index in [0.717, 1.165) is 17.9 Å². The molecule has 0 radical (unpaired) electrons. The third-order valence-electron chi connectivity index (χ3n) is 3.32. The van der Waals surface area contributed by atoms with Crippen molar-refractivity contribution in [1.29, 1.82) is 0 Å². The van der Waals surface area contributed by atoms with Crippen molar-refractivity contribution in [1.82, 2.24) is 9.55 Å². The van der Waals surface area contributed by atoms with Crippen molar-refractivity contribution < 1.29 is 4.74 Å². The average molecular weight is 261 g/mol. The topological polar surface area (TPSA) is 56.0 Å². The molecule has 1 aliphatic rings. The number of benzene rings is 1. The fraction of sp³-hybridized carbons (Fsp3) is 0.308. The van der Waals surface area contributed by atoms with Crippen LogP contribution in [0.25, 0.3) is 0 Å². The highest BCUT2D eigenvalue weighted by Gasteiger charge is 2.22. The number of nitrogens with two attached hydrogens (primary N) is 1. The molecule has 0 spiro atoms. The van der Waals surface area contributed by atoms with Gasteiger partial charge in [0.05, 0.1) is 11.7 Å². The molecule has 2 aromatic rings. The maximum absolute atomic E-state index is 5.79. The Hall–Kier alpha value is -1.59. The minimum Gasteiger partial charge on any atom is -0.491 e. The Morgan fingerprint density at radius 3 is 3.11 bits per heavy atom. The number of para-hydroxylation sites is 1. The predicted octanol–water partition coefficient (Wildman–Crippen LogP) is 2.18. The number of fused-ring (bicyclic) bond motifs is 1. The van der Waals surface area contributed by atoms with Crippen molar-refractivity contribution in [3.63, 3.8) is 0 Å². The van der Waals surface area contributed by atoms with Crippen molar-refractivity contribution in [2.75, 3.05) is 6.61 Å². The van der Waals surface area contributed by atoms with Gasteiger partial charge in [-0.25, -0.2) is 0 Å². The second-order valence-electron chi connectivity index (χ2n) is 4.44. The van der Waals surface area contributed by atoms with E-state index in [4.69, 9.17) is 22.7 Å². The lowest BCUT2D eigenvalue weighted by atomic mass is 10.0. The summed E-state index contributed by atoms with van der Waals surface area (Å²) in [6.07, 6.45) is 2.80. The fourth-order valence-corrected chi connectivity index (χ4v) is 2.78. The maximum Gasteiger partial charge on any atom is 0.177 e. The van der Waals surface area contributed by atoms with Crippen LogP contribution >= 0.6 is 12.2 Å². The second kappa shape index (κ2) is 4.59. The SMILES string of the molecule is NCc1c[nH]c(=S)n1[C@H]1COc2ccccc2C1. The van der Waals surface area contributed by atoms with Crippen LogP contribution in [0.5, 0.6) is 5.75 Å². The monoisotopic (exact) mass is 261 g/mol. The molecule has 0 bridgehead atoms. The summed E-state index contributed by atoms with van der Waals surface area (Å²) in [5, 5.41) is 0. The third kappa shape index (κ3) is 1.85. The Balaban J connectivity index is 1.96. The Kier molecular flexibility index (Phi) is 2.93. The summed E-state index contributed by atoms with van der Waals surface area (Å²) in [6.45, 7) is 1.11. The van der Waals surface area contributed by atoms with Crippen LogP contribution in [0, 0.1) is 4.77 Å². The van der Waals surface area contributed by atoms with Gasteiger partial charge in [0.1, 0.15) is 12.4 Å². The average Bonchev–Trinajstić information content (AvgIpc) is 2.79. The van der Waals surface area contributed by atoms with Gasteiger partial charge in [0.15, 0.2) is 4.77 Å².